The fraction of sp³-hybridized carbons (Fsp3) is 0.571. The van der Waals surface area contributed by atoms with E-state index in [-0.39, 0.29) is 42.8 Å². The summed E-state index contributed by atoms with van der Waals surface area (Å²) in [7, 11) is 0. The van der Waals surface area contributed by atoms with E-state index in [1.54, 1.807) is 47.9 Å². The minimum atomic E-state index is -0.729. The van der Waals surface area contributed by atoms with Gasteiger partial charge in [0.15, 0.2) is 0 Å². The number of hydrogen-bond donors (Lipinski definition) is 2. The standard InChI is InChI=1S/C21H25ClN2O5S/c1-2-29-20(28)15-14-8-9-21(30-14)16(15)19(27)24(10-5-11-25)17(21)18(26)23-13-7-4-3-6-12(13)22/h3-4,6-7,14-17,25H,2,5,8-11H2,1H3,(H,23,26)/t14-,15+,16-,17?,21?/m0/s1. The molecule has 5 atom stereocenters. The van der Waals surface area contributed by atoms with Crippen LogP contribution in [0.4, 0.5) is 5.69 Å². The number of aliphatic hydroxyl groups excluding tert-OH is 1. The Kier molecular flexibility index (Phi) is 6.01. The van der Waals surface area contributed by atoms with Gasteiger partial charge in [-0.15, -0.1) is 11.8 Å². The van der Waals surface area contributed by atoms with Crippen LogP contribution in [0.15, 0.2) is 24.3 Å². The number of ether oxygens (including phenoxy) is 1. The van der Waals surface area contributed by atoms with Gasteiger partial charge < -0.3 is 20.1 Å². The maximum Gasteiger partial charge on any atom is 0.310 e. The van der Waals surface area contributed by atoms with Crippen LogP contribution in [0.1, 0.15) is 26.2 Å². The Hall–Kier alpha value is -1.77. The second kappa shape index (κ2) is 8.40. The average Bonchev–Trinajstić information content (AvgIpc) is 3.35. The van der Waals surface area contributed by atoms with E-state index in [1.165, 1.54) is 0 Å². The Bertz CT molecular complexity index is 868. The lowest BCUT2D eigenvalue weighted by Crippen LogP contribution is -2.51. The summed E-state index contributed by atoms with van der Waals surface area (Å²) >= 11 is 7.80. The lowest BCUT2D eigenvalue weighted by atomic mass is 9.71. The van der Waals surface area contributed by atoms with E-state index in [9.17, 15) is 19.5 Å². The smallest absolute Gasteiger partial charge is 0.310 e. The largest absolute Gasteiger partial charge is 0.466 e. The number of anilines is 1. The molecule has 4 rings (SSSR count). The molecule has 7 nitrogen and oxygen atoms in total. The van der Waals surface area contributed by atoms with E-state index in [0.29, 0.717) is 23.6 Å². The molecule has 1 aromatic rings. The van der Waals surface area contributed by atoms with Crippen LogP contribution in [0, 0.1) is 11.8 Å². The van der Waals surface area contributed by atoms with Crippen molar-refractivity contribution in [3.05, 3.63) is 29.3 Å². The Morgan fingerprint density at radius 3 is 2.87 bits per heavy atom. The molecule has 3 aliphatic rings. The first kappa shape index (κ1) is 21.5. The van der Waals surface area contributed by atoms with E-state index in [4.69, 9.17) is 16.3 Å². The number of para-hydroxylation sites is 1. The average molecular weight is 453 g/mol. The lowest BCUT2D eigenvalue weighted by molar-refractivity contribution is -0.153. The van der Waals surface area contributed by atoms with Crippen molar-refractivity contribution >= 4 is 46.8 Å². The fourth-order valence-corrected chi connectivity index (χ4v) is 7.60. The topological polar surface area (TPSA) is 95.9 Å². The molecule has 9 heteroatoms. The van der Waals surface area contributed by atoms with Crippen molar-refractivity contribution in [3.63, 3.8) is 0 Å². The van der Waals surface area contributed by atoms with Gasteiger partial charge in [0, 0.05) is 18.4 Å². The molecule has 2 N–H and O–H groups in total. The number of hydrogen-bond acceptors (Lipinski definition) is 6. The van der Waals surface area contributed by atoms with Gasteiger partial charge in [-0.25, -0.2) is 0 Å². The van der Waals surface area contributed by atoms with Crippen LogP contribution in [-0.2, 0) is 19.1 Å². The summed E-state index contributed by atoms with van der Waals surface area (Å²) in [6, 6.07) is 6.22. The molecule has 1 spiro atoms. The summed E-state index contributed by atoms with van der Waals surface area (Å²) in [6.07, 6.45) is 1.81. The summed E-state index contributed by atoms with van der Waals surface area (Å²) < 4.78 is 4.61. The number of likely N-dealkylation sites (tertiary alicyclic amines) is 1. The number of nitrogens with zero attached hydrogens (tertiary/aromatic N) is 1. The molecule has 0 saturated carbocycles. The molecule has 0 aromatic heterocycles. The van der Waals surface area contributed by atoms with Crippen molar-refractivity contribution in [2.45, 2.75) is 42.2 Å². The molecule has 162 valence electrons. The van der Waals surface area contributed by atoms with Gasteiger partial charge in [0.1, 0.15) is 6.04 Å². The highest BCUT2D eigenvalue weighted by Gasteiger charge is 2.73. The van der Waals surface area contributed by atoms with E-state index < -0.39 is 22.6 Å². The molecule has 0 radical (unpaired) electrons. The number of esters is 1. The molecule has 1 aromatic carbocycles. The molecule has 3 fully saturated rings. The van der Waals surface area contributed by atoms with Gasteiger partial charge in [-0.05, 0) is 38.3 Å². The summed E-state index contributed by atoms with van der Waals surface area (Å²) in [5.41, 5.74) is 0.484. The molecular weight excluding hydrogens is 428 g/mol. The summed E-state index contributed by atoms with van der Waals surface area (Å²) in [4.78, 5) is 41.1. The Labute approximate surface area is 184 Å². The van der Waals surface area contributed by atoms with Crippen LogP contribution in [0.5, 0.6) is 0 Å². The zero-order valence-electron chi connectivity index (χ0n) is 16.7. The van der Waals surface area contributed by atoms with Crippen LogP contribution >= 0.6 is 23.4 Å². The number of nitrogens with one attached hydrogen (secondary N) is 1. The molecule has 3 aliphatic heterocycles. The van der Waals surface area contributed by atoms with Crippen molar-refractivity contribution in [1.29, 1.82) is 0 Å². The molecule has 3 heterocycles. The van der Waals surface area contributed by atoms with Gasteiger partial charge in [0.2, 0.25) is 11.8 Å². The van der Waals surface area contributed by atoms with Crippen LogP contribution in [-0.4, -0.2) is 63.6 Å². The number of carbonyl (C=O) groups is 3. The van der Waals surface area contributed by atoms with Gasteiger partial charge >= 0.3 is 5.97 Å². The zero-order valence-corrected chi connectivity index (χ0v) is 18.2. The maximum absolute atomic E-state index is 13.5. The van der Waals surface area contributed by atoms with Gasteiger partial charge in [-0.3, -0.25) is 14.4 Å². The minimum Gasteiger partial charge on any atom is -0.466 e. The number of benzene rings is 1. The molecule has 2 unspecified atom stereocenters. The second-order valence-electron chi connectivity index (χ2n) is 7.89. The highest BCUT2D eigenvalue weighted by Crippen LogP contribution is 2.66. The Morgan fingerprint density at radius 2 is 2.17 bits per heavy atom. The third-order valence-corrected chi connectivity index (χ3v) is 8.58. The summed E-state index contributed by atoms with van der Waals surface area (Å²) in [5.74, 6) is -1.99. The van der Waals surface area contributed by atoms with Crippen LogP contribution in [0.25, 0.3) is 0 Å². The number of halogens is 1. The normalized spacial score (nSPS) is 31.7. The number of amides is 2. The number of rotatable bonds is 7. The van der Waals surface area contributed by atoms with Crippen LogP contribution in [0.3, 0.4) is 0 Å². The predicted octanol–water partition coefficient (Wildman–Crippen LogP) is 2.32. The molecule has 30 heavy (non-hydrogen) atoms. The van der Waals surface area contributed by atoms with Crippen molar-refractivity contribution < 1.29 is 24.2 Å². The van der Waals surface area contributed by atoms with Crippen molar-refractivity contribution in [2.75, 3.05) is 25.1 Å². The Balaban J connectivity index is 1.69. The van der Waals surface area contributed by atoms with E-state index in [0.717, 1.165) is 6.42 Å². The predicted molar refractivity (Wildman–Crippen MR) is 114 cm³/mol. The minimum absolute atomic E-state index is 0.0198. The number of thioether (sulfide) groups is 1. The van der Waals surface area contributed by atoms with Gasteiger partial charge in [-0.2, -0.15) is 0 Å². The summed E-state index contributed by atoms with van der Waals surface area (Å²) in [6.45, 7) is 2.18. The van der Waals surface area contributed by atoms with E-state index in [1.807, 2.05) is 0 Å². The fourth-order valence-electron chi connectivity index (χ4n) is 5.21. The van der Waals surface area contributed by atoms with Gasteiger partial charge in [-0.1, -0.05) is 23.7 Å². The first-order valence-electron chi connectivity index (χ1n) is 10.3. The van der Waals surface area contributed by atoms with Crippen molar-refractivity contribution in [1.82, 2.24) is 4.90 Å². The number of carbonyl (C=O) groups excluding carboxylic acids is 3. The van der Waals surface area contributed by atoms with Crippen LogP contribution in [0.2, 0.25) is 5.02 Å². The van der Waals surface area contributed by atoms with Gasteiger partial charge in [0.25, 0.3) is 0 Å². The third kappa shape index (κ3) is 3.29. The second-order valence-corrected chi connectivity index (χ2v) is 9.89. The maximum atomic E-state index is 13.5. The molecular formula is C21H25ClN2O5S. The molecule has 2 bridgehead atoms. The third-order valence-electron chi connectivity index (χ3n) is 6.30. The first-order chi connectivity index (χ1) is 14.4. The lowest BCUT2D eigenvalue weighted by Gasteiger charge is -2.34. The highest BCUT2D eigenvalue weighted by atomic mass is 35.5. The quantitative estimate of drug-likeness (QED) is 0.616. The van der Waals surface area contributed by atoms with Gasteiger partial charge in [0.05, 0.1) is 33.9 Å². The SMILES string of the molecule is CCOC(=O)[C@@H]1[C@@H]2CCC3(S2)C(C(=O)Nc2ccccc2Cl)N(CCCO)C(=O)[C@H]13. The monoisotopic (exact) mass is 452 g/mol. The van der Waals surface area contributed by atoms with E-state index >= 15 is 0 Å². The van der Waals surface area contributed by atoms with Crippen molar-refractivity contribution in [2.24, 2.45) is 11.8 Å². The van der Waals surface area contributed by atoms with E-state index in [2.05, 4.69) is 5.32 Å². The van der Waals surface area contributed by atoms with Crippen molar-refractivity contribution in [3.8, 4) is 0 Å². The summed E-state index contributed by atoms with van der Waals surface area (Å²) in [5, 5.41) is 12.6. The first-order valence-corrected chi connectivity index (χ1v) is 11.5. The number of aliphatic hydroxyl groups is 1. The molecule has 0 aliphatic carbocycles. The van der Waals surface area contributed by atoms with Crippen LogP contribution < -0.4 is 5.32 Å². The molecule has 3 saturated heterocycles. The highest BCUT2D eigenvalue weighted by molar-refractivity contribution is 8.02. The molecule has 2 amide bonds. The number of fused-ring (bicyclic) bond motifs is 1. The Morgan fingerprint density at radius 1 is 1.40 bits per heavy atom. The zero-order chi connectivity index (χ0) is 21.5.